The molecule has 0 bridgehead atoms. The number of rotatable bonds is 4. The second-order valence-corrected chi connectivity index (χ2v) is 6.65. The number of nitrogens with zero attached hydrogens (tertiary/aromatic N) is 1. The molecule has 8 heteroatoms. The first-order chi connectivity index (χ1) is 11.4. The number of hydrogen-bond acceptors (Lipinski definition) is 4. The van der Waals surface area contributed by atoms with Crippen LogP contribution in [0.4, 0.5) is 10.1 Å². The molecule has 0 spiro atoms. The van der Waals surface area contributed by atoms with Crippen LogP contribution in [0.15, 0.2) is 59.6 Å². The molecule has 0 amide bonds. The summed E-state index contributed by atoms with van der Waals surface area (Å²) < 4.78 is 40.7. The number of nitrogens with one attached hydrogen (secondary N) is 1. The lowest BCUT2D eigenvalue weighted by molar-refractivity contribution is 0.0692. The fraction of sp³-hybridized carbons (Fsp3) is 0. The summed E-state index contributed by atoms with van der Waals surface area (Å²) in [7, 11) is -3.95. The normalized spacial score (nSPS) is 11.4. The van der Waals surface area contributed by atoms with Gasteiger partial charge in [-0.1, -0.05) is 6.07 Å². The zero-order chi connectivity index (χ0) is 17.3. The minimum absolute atomic E-state index is 0.00859. The summed E-state index contributed by atoms with van der Waals surface area (Å²) in [6, 6.07) is 10.8. The van der Waals surface area contributed by atoms with E-state index in [1.54, 1.807) is 24.4 Å². The summed E-state index contributed by atoms with van der Waals surface area (Å²) in [5, 5.41) is 9.43. The first-order valence-electron chi connectivity index (χ1n) is 6.77. The van der Waals surface area contributed by atoms with Gasteiger partial charge < -0.3 is 5.11 Å². The Hall–Kier alpha value is -3.00. The van der Waals surface area contributed by atoms with Gasteiger partial charge in [-0.15, -0.1) is 0 Å². The number of carboxylic acids is 1. The average molecular weight is 346 g/mol. The van der Waals surface area contributed by atoms with Gasteiger partial charge in [0.1, 0.15) is 5.82 Å². The third-order valence-corrected chi connectivity index (χ3v) is 4.72. The lowest BCUT2D eigenvalue weighted by Crippen LogP contribution is -2.13. The Morgan fingerprint density at radius 2 is 1.92 bits per heavy atom. The maximum atomic E-state index is 13.7. The van der Waals surface area contributed by atoms with E-state index in [4.69, 9.17) is 5.11 Å². The Bertz CT molecular complexity index is 1050. The molecule has 3 rings (SSSR count). The molecule has 1 aromatic heterocycles. The van der Waals surface area contributed by atoms with E-state index in [9.17, 15) is 17.6 Å². The largest absolute Gasteiger partial charge is 0.478 e. The molecule has 1 heterocycles. The first-order valence-corrected chi connectivity index (χ1v) is 8.25. The molecule has 0 atom stereocenters. The third-order valence-electron chi connectivity index (χ3n) is 3.34. The molecule has 0 aliphatic heterocycles. The molecule has 0 fully saturated rings. The number of aromatic carboxylic acids is 1. The van der Waals surface area contributed by atoms with Crippen molar-refractivity contribution in [1.82, 2.24) is 4.98 Å². The summed E-state index contributed by atoms with van der Waals surface area (Å²) >= 11 is 0. The molecule has 0 radical (unpaired) electrons. The van der Waals surface area contributed by atoms with Crippen LogP contribution >= 0.6 is 0 Å². The molecule has 0 aliphatic carbocycles. The minimum Gasteiger partial charge on any atom is -0.478 e. The summed E-state index contributed by atoms with van der Waals surface area (Å²) in [5.74, 6) is -2.45. The van der Waals surface area contributed by atoms with Crippen LogP contribution in [0.1, 0.15) is 10.4 Å². The highest BCUT2D eigenvalue weighted by atomic mass is 32.2. The Morgan fingerprint density at radius 3 is 2.62 bits per heavy atom. The lowest BCUT2D eigenvalue weighted by Gasteiger charge is -2.09. The van der Waals surface area contributed by atoms with Crippen molar-refractivity contribution < 1.29 is 22.7 Å². The molecule has 3 aromatic rings. The fourth-order valence-electron chi connectivity index (χ4n) is 2.19. The van der Waals surface area contributed by atoms with Crippen molar-refractivity contribution in [2.45, 2.75) is 4.90 Å². The monoisotopic (exact) mass is 346 g/mol. The van der Waals surface area contributed by atoms with E-state index in [1.165, 1.54) is 18.2 Å². The van der Waals surface area contributed by atoms with Crippen LogP contribution < -0.4 is 4.72 Å². The highest BCUT2D eigenvalue weighted by molar-refractivity contribution is 7.92. The number of fused-ring (bicyclic) bond motifs is 1. The molecular weight excluding hydrogens is 335 g/mol. The number of aromatic nitrogens is 1. The molecule has 24 heavy (non-hydrogen) atoms. The van der Waals surface area contributed by atoms with Crippen molar-refractivity contribution >= 4 is 32.6 Å². The van der Waals surface area contributed by atoms with E-state index >= 15 is 0 Å². The third kappa shape index (κ3) is 3.04. The Labute approximate surface area is 136 Å². The molecule has 6 nitrogen and oxygen atoms in total. The van der Waals surface area contributed by atoms with Gasteiger partial charge in [-0.3, -0.25) is 9.71 Å². The molecule has 2 N–H and O–H groups in total. The van der Waals surface area contributed by atoms with Gasteiger partial charge in [0.15, 0.2) is 0 Å². The highest BCUT2D eigenvalue weighted by Crippen LogP contribution is 2.21. The van der Waals surface area contributed by atoms with E-state index in [0.29, 0.717) is 10.9 Å². The number of benzene rings is 2. The zero-order valence-electron chi connectivity index (χ0n) is 12.1. The van der Waals surface area contributed by atoms with E-state index in [2.05, 4.69) is 9.71 Å². The second kappa shape index (κ2) is 5.89. The predicted octanol–water partition coefficient (Wildman–Crippen LogP) is 2.87. The zero-order valence-corrected chi connectivity index (χ0v) is 12.9. The summed E-state index contributed by atoms with van der Waals surface area (Å²) in [5.41, 5.74) is 0.0480. The predicted molar refractivity (Wildman–Crippen MR) is 85.9 cm³/mol. The number of carbonyl (C=O) groups is 1. The molecular formula is C16H11FN2O4S. The van der Waals surface area contributed by atoms with Crippen molar-refractivity contribution in [1.29, 1.82) is 0 Å². The SMILES string of the molecule is O=C(O)c1ccc(NS(=O)(=O)c2ccc3ncccc3c2)cc1F. The molecule has 0 aliphatic rings. The van der Waals surface area contributed by atoms with E-state index in [0.717, 1.165) is 12.1 Å². The Morgan fingerprint density at radius 1 is 1.12 bits per heavy atom. The van der Waals surface area contributed by atoms with Gasteiger partial charge in [0, 0.05) is 11.6 Å². The minimum atomic E-state index is -3.95. The van der Waals surface area contributed by atoms with Crippen molar-refractivity contribution in [3.63, 3.8) is 0 Å². The van der Waals surface area contributed by atoms with Crippen LogP contribution in [0.3, 0.4) is 0 Å². The molecule has 0 saturated carbocycles. The molecule has 0 unspecified atom stereocenters. The number of pyridine rings is 1. The number of halogens is 1. The standard InChI is InChI=1S/C16H11FN2O4S/c17-14-9-11(3-5-13(14)16(20)21)19-24(22,23)12-4-6-15-10(8-12)2-1-7-18-15/h1-9,19H,(H,20,21). The summed E-state index contributed by atoms with van der Waals surface area (Å²) in [6.07, 6.45) is 1.60. The van der Waals surface area contributed by atoms with Gasteiger partial charge in [-0.2, -0.15) is 0 Å². The van der Waals surface area contributed by atoms with Crippen LogP contribution in [0.2, 0.25) is 0 Å². The number of sulfonamides is 1. The van der Waals surface area contributed by atoms with Crippen LogP contribution in [-0.4, -0.2) is 24.5 Å². The number of carboxylic acid groups (broad SMARTS) is 1. The van der Waals surface area contributed by atoms with E-state index in [-0.39, 0.29) is 10.6 Å². The van der Waals surface area contributed by atoms with Gasteiger partial charge >= 0.3 is 5.97 Å². The van der Waals surface area contributed by atoms with Crippen molar-refractivity contribution in [3.05, 3.63) is 66.1 Å². The quantitative estimate of drug-likeness (QED) is 0.757. The van der Waals surface area contributed by atoms with Crippen molar-refractivity contribution in [3.8, 4) is 0 Å². The summed E-state index contributed by atoms with van der Waals surface area (Å²) in [6.45, 7) is 0. The molecule has 0 saturated heterocycles. The van der Waals surface area contributed by atoms with Gasteiger partial charge in [0.25, 0.3) is 10.0 Å². The van der Waals surface area contributed by atoms with Gasteiger partial charge in [0.05, 0.1) is 21.7 Å². The first kappa shape index (κ1) is 15.9. The second-order valence-electron chi connectivity index (χ2n) is 4.96. The molecule has 2 aromatic carbocycles. The Kier molecular flexibility index (Phi) is 3.90. The van der Waals surface area contributed by atoms with Crippen LogP contribution in [0.25, 0.3) is 10.9 Å². The lowest BCUT2D eigenvalue weighted by atomic mass is 10.2. The maximum absolute atomic E-state index is 13.7. The van der Waals surface area contributed by atoms with E-state index < -0.39 is 27.4 Å². The topological polar surface area (TPSA) is 96.4 Å². The maximum Gasteiger partial charge on any atom is 0.338 e. The van der Waals surface area contributed by atoms with Crippen LogP contribution in [-0.2, 0) is 10.0 Å². The Balaban J connectivity index is 1.95. The highest BCUT2D eigenvalue weighted by Gasteiger charge is 2.17. The number of anilines is 1. The van der Waals surface area contributed by atoms with Crippen LogP contribution in [0, 0.1) is 5.82 Å². The smallest absolute Gasteiger partial charge is 0.338 e. The average Bonchev–Trinajstić information content (AvgIpc) is 2.53. The van der Waals surface area contributed by atoms with Crippen LogP contribution in [0.5, 0.6) is 0 Å². The fourth-order valence-corrected chi connectivity index (χ4v) is 3.27. The van der Waals surface area contributed by atoms with Gasteiger partial charge in [-0.25, -0.2) is 17.6 Å². The van der Waals surface area contributed by atoms with Gasteiger partial charge in [-0.05, 0) is 42.5 Å². The van der Waals surface area contributed by atoms with Crippen molar-refractivity contribution in [2.75, 3.05) is 4.72 Å². The van der Waals surface area contributed by atoms with Crippen molar-refractivity contribution in [2.24, 2.45) is 0 Å². The summed E-state index contributed by atoms with van der Waals surface area (Å²) in [4.78, 5) is 14.9. The molecule has 122 valence electrons. The van der Waals surface area contributed by atoms with Gasteiger partial charge in [0.2, 0.25) is 0 Å². The number of hydrogen-bond donors (Lipinski definition) is 2. The van der Waals surface area contributed by atoms with E-state index in [1.807, 2.05) is 0 Å².